The second-order valence-corrected chi connectivity index (χ2v) is 7.65. The second kappa shape index (κ2) is 7.44. The van der Waals surface area contributed by atoms with Crippen LogP contribution in [0.25, 0.3) is 0 Å². The summed E-state index contributed by atoms with van der Waals surface area (Å²) in [6, 6.07) is 13.7. The van der Waals surface area contributed by atoms with Crippen LogP contribution in [0.3, 0.4) is 0 Å². The molecule has 3 rings (SSSR count). The van der Waals surface area contributed by atoms with Crippen LogP contribution in [0, 0.1) is 6.92 Å². The van der Waals surface area contributed by atoms with E-state index in [0.29, 0.717) is 11.1 Å². The smallest absolute Gasteiger partial charge is 0.363 e. The van der Waals surface area contributed by atoms with E-state index in [4.69, 9.17) is 9.57 Å². The Balaban J connectivity index is 1.86. The molecule has 0 bridgehead atoms. The number of methoxy groups -OCH3 is 1. The second-order valence-electron chi connectivity index (χ2n) is 6.28. The molecule has 1 fully saturated rings. The van der Waals surface area contributed by atoms with E-state index in [2.05, 4.69) is 0 Å². The third kappa shape index (κ3) is 3.68. The molecule has 1 saturated heterocycles. The lowest BCUT2D eigenvalue weighted by Crippen LogP contribution is -2.41. The van der Waals surface area contributed by atoms with Crippen LogP contribution in [0.15, 0.2) is 48.5 Å². The quantitative estimate of drug-likeness (QED) is 0.752. The Bertz CT molecular complexity index is 896. The summed E-state index contributed by atoms with van der Waals surface area (Å²) in [6.45, 7) is 3.68. The van der Waals surface area contributed by atoms with Crippen molar-refractivity contribution in [2.45, 2.75) is 18.7 Å². The van der Waals surface area contributed by atoms with E-state index in [9.17, 15) is 14.4 Å². The summed E-state index contributed by atoms with van der Waals surface area (Å²) in [5.74, 6) is -1.13. The number of carbonyl (C=O) groups is 3. The van der Waals surface area contributed by atoms with E-state index in [1.54, 1.807) is 49.4 Å². The lowest BCUT2D eigenvalue weighted by molar-refractivity contribution is -0.175. The summed E-state index contributed by atoms with van der Waals surface area (Å²) >= 11 is 1.36. The van der Waals surface area contributed by atoms with Gasteiger partial charge in [-0.05, 0) is 43.7 Å². The van der Waals surface area contributed by atoms with E-state index >= 15 is 0 Å². The molecule has 1 heterocycles. The lowest BCUT2D eigenvalue weighted by Gasteiger charge is -2.32. The van der Waals surface area contributed by atoms with Gasteiger partial charge in [0.2, 0.25) is 0 Å². The van der Waals surface area contributed by atoms with Crippen molar-refractivity contribution in [2.75, 3.05) is 12.9 Å². The number of rotatable bonds is 4. The van der Waals surface area contributed by atoms with Crippen LogP contribution in [-0.4, -0.2) is 35.8 Å². The molecular weight excluding hydrogens is 366 g/mol. The van der Waals surface area contributed by atoms with E-state index in [1.165, 1.54) is 18.9 Å². The molecule has 6 nitrogen and oxygen atoms in total. The molecule has 2 aromatic carbocycles. The lowest BCUT2D eigenvalue weighted by atomic mass is 10.1. The number of hydroxylamine groups is 2. The van der Waals surface area contributed by atoms with Crippen molar-refractivity contribution in [3.05, 3.63) is 70.8 Å². The third-order valence-corrected chi connectivity index (χ3v) is 5.72. The Labute approximate surface area is 161 Å². The molecule has 1 aliphatic rings. The van der Waals surface area contributed by atoms with Crippen molar-refractivity contribution in [1.29, 1.82) is 0 Å². The average molecular weight is 385 g/mol. The maximum atomic E-state index is 12.5. The van der Waals surface area contributed by atoms with Crippen LogP contribution in [0.1, 0.15) is 38.8 Å². The van der Waals surface area contributed by atoms with Crippen molar-refractivity contribution in [3.63, 3.8) is 0 Å². The third-order valence-electron chi connectivity index (χ3n) is 4.36. The zero-order valence-corrected chi connectivity index (χ0v) is 16.0. The minimum atomic E-state index is -0.884. The molecule has 7 heteroatoms. The van der Waals surface area contributed by atoms with Gasteiger partial charge in [0, 0.05) is 0 Å². The molecule has 0 radical (unpaired) electrons. The fourth-order valence-electron chi connectivity index (χ4n) is 2.84. The van der Waals surface area contributed by atoms with Crippen molar-refractivity contribution >= 4 is 29.6 Å². The van der Waals surface area contributed by atoms with Gasteiger partial charge in [-0.15, -0.1) is 16.8 Å². The minimum absolute atomic E-state index is 0.191. The van der Waals surface area contributed by atoms with Crippen LogP contribution in [-0.2, 0) is 19.2 Å². The Morgan fingerprint density at radius 1 is 1.07 bits per heavy atom. The van der Waals surface area contributed by atoms with Gasteiger partial charge >= 0.3 is 11.9 Å². The van der Waals surface area contributed by atoms with Gasteiger partial charge in [-0.25, -0.2) is 9.59 Å². The maximum Gasteiger partial charge on any atom is 0.363 e. The molecule has 2 aromatic rings. The predicted octanol–water partition coefficient (Wildman–Crippen LogP) is 3.30. The number of hydrogen-bond donors (Lipinski definition) is 0. The topological polar surface area (TPSA) is 72.9 Å². The van der Waals surface area contributed by atoms with E-state index < -0.39 is 16.8 Å². The number of amides is 1. The van der Waals surface area contributed by atoms with Crippen LogP contribution < -0.4 is 0 Å². The molecular formula is C20H19NO5S. The molecule has 27 heavy (non-hydrogen) atoms. The van der Waals surface area contributed by atoms with Crippen molar-refractivity contribution in [3.8, 4) is 0 Å². The molecule has 1 amide bonds. The first-order valence-corrected chi connectivity index (χ1v) is 9.28. The van der Waals surface area contributed by atoms with Crippen molar-refractivity contribution in [1.82, 2.24) is 5.06 Å². The molecule has 1 unspecified atom stereocenters. The summed E-state index contributed by atoms with van der Waals surface area (Å²) in [4.78, 5) is 41.1. The number of nitrogens with zero attached hydrogens (tertiary/aromatic N) is 1. The molecule has 0 aromatic heterocycles. The highest BCUT2D eigenvalue weighted by Crippen LogP contribution is 2.45. The largest absolute Gasteiger partial charge is 0.465 e. The zero-order chi connectivity index (χ0) is 19.6. The summed E-state index contributed by atoms with van der Waals surface area (Å²) in [7, 11) is 1.32. The normalized spacial score (nSPS) is 19.1. The Kier molecular flexibility index (Phi) is 5.23. The number of thioether (sulfide) groups is 1. The van der Waals surface area contributed by atoms with E-state index in [1.807, 2.05) is 13.0 Å². The number of ether oxygens (including phenoxy) is 1. The van der Waals surface area contributed by atoms with Crippen LogP contribution in [0.2, 0.25) is 0 Å². The molecule has 0 saturated carbocycles. The minimum Gasteiger partial charge on any atom is -0.465 e. The molecule has 140 valence electrons. The Morgan fingerprint density at radius 3 is 2.41 bits per heavy atom. The highest BCUT2D eigenvalue weighted by molar-refractivity contribution is 8.01. The van der Waals surface area contributed by atoms with Gasteiger partial charge in [0.15, 0.2) is 0 Å². The number of benzene rings is 2. The molecule has 0 aliphatic carbocycles. The number of carbonyl (C=O) groups excluding carboxylic acids is 3. The highest BCUT2D eigenvalue weighted by Gasteiger charge is 2.47. The first kappa shape index (κ1) is 19.0. The van der Waals surface area contributed by atoms with Gasteiger partial charge in [0.1, 0.15) is 4.87 Å². The molecule has 1 aliphatic heterocycles. The molecule has 1 atom stereocenters. The molecule has 0 spiro atoms. The monoisotopic (exact) mass is 385 g/mol. The van der Waals surface area contributed by atoms with Gasteiger partial charge in [-0.2, -0.15) is 0 Å². The fraction of sp³-hybridized carbons (Fsp3) is 0.250. The number of aryl methyl sites for hydroxylation is 1. The fourth-order valence-corrected chi connectivity index (χ4v) is 3.92. The summed E-state index contributed by atoms with van der Waals surface area (Å²) in [5.41, 5.74) is 2.45. The summed E-state index contributed by atoms with van der Waals surface area (Å²) < 4.78 is 4.70. The summed E-state index contributed by atoms with van der Waals surface area (Å²) in [6.07, 6.45) is 0. The van der Waals surface area contributed by atoms with E-state index in [-0.39, 0.29) is 11.7 Å². The van der Waals surface area contributed by atoms with E-state index in [0.717, 1.165) is 16.2 Å². The van der Waals surface area contributed by atoms with Crippen LogP contribution in [0.5, 0.6) is 0 Å². The molecule has 0 N–H and O–H groups in total. The highest BCUT2D eigenvalue weighted by atomic mass is 32.2. The number of hydrogen-bond acceptors (Lipinski definition) is 6. The van der Waals surface area contributed by atoms with Crippen LogP contribution >= 0.6 is 11.8 Å². The Morgan fingerprint density at radius 2 is 1.78 bits per heavy atom. The van der Waals surface area contributed by atoms with Crippen LogP contribution in [0.4, 0.5) is 0 Å². The van der Waals surface area contributed by atoms with Gasteiger partial charge < -0.3 is 9.57 Å². The van der Waals surface area contributed by atoms with Crippen molar-refractivity contribution < 1.29 is 24.0 Å². The van der Waals surface area contributed by atoms with Gasteiger partial charge in [-0.1, -0.05) is 29.8 Å². The van der Waals surface area contributed by atoms with Crippen molar-refractivity contribution in [2.24, 2.45) is 0 Å². The zero-order valence-electron chi connectivity index (χ0n) is 15.2. The summed E-state index contributed by atoms with van der Waals surface area (Å²) in [5, 5.41) is 1.12. The standard InChI is InChI=1S/C20H19NO5S/c1-13-5-4-6-15(11-13)19(24)26-21-17(22)12-27-20(21,2)16-9-7-14(8-10-16)18(23)25-3/h4-11H,12H2,1-3H3. The maximum absolute atomic E-state index is 12.5. The number of esters is 1. The van der Waals surface area contributed by atoms with Gasteiger partial charge in [-0.3, -0.25) is 4.79 Å². The predicted molar refractivity (Wildman–Crippen MR) is 101 cm³/mol. The Hall–Kier alpha value is -2.80. The first-order valence-electron chi connectivity index (χ1n) is 8.30. The van der Waals surface area contributed by atoms with Gasteiger partial charge in [0.05, 0.1) is 24.0 Å². The SMILES string of the molecule is COC(=O)c1ccc(C2(C)SCC(=O)N2OC(=O)c2cccc(C)c2)cc1. The average Bonchev–Trinajstić information content (AvgIpc) is 2.97. The van der Waals surface area contributed by atoms with Gasteiger partial charge in [0.25, 0.3) is 5.91 Å². The first-order chi connectivity index (χ1) is 12.8.